The second-order valence-electron chi connectivity index (χ2n) is 9.53. The van der Waals surface area contributed by atoms with Crippen LogP contribution < -0.4 is 9.47 Å². The summed E-state index contributed by atoms with van der Waals surface area (Å²) in [7, 11) is 0. The second kappa shape index (κ2) is 9.97. The first-order valence-electron chi connectivity index (χ1n) is 11.6. The third kappa shape index (κ3) is 5.08. The molecule has 2 unspecified atom stereocenters. The van der Waals surface area contributed by atoms with Gasteiger partial charge in [0.15, 0.2) is 0 Å². The maximum atomic E-state index is 12.4. The number of carbonyl (C=O) groups is 3. The first-order valence-corrected chi connectivity index (χ1v) is 12.5. The number of carboxylic acids is 1. The molecule has 2 aliphatic heterocycles. The monoisotopic (exact) mass is 528 g/mol. The number of nitrogens with zero attached hydrogens (tertiary/aromatic N) is 2. The molecule has 0 bridgehead atoms. The van der Waals surface area contributed by atoms with E-state index in [4.69, 9.17) is 14.6 Å². The highest BCUT2D eigenvalue weighted by Crippen LogP contribution is 2.43. The first kappa shape index (κ1) is 26.3. The van der Waals surface area contributed by atoms with Crippen LogP contribution in [0.2, 0.25) is 0 Å². The van der Waals surface area contributed by atoms with E-state index < -0.39 is 34.5 Å². The third-order valence-corrected chi connectivity index (χ3v) is 7.78. The Bertz CT molecular complexity index is 1310. The van der Waals surface area contributed by atoms with Crippen molar-refractivity contribution >= 4 is 34.6 Å². The lowest BCUT2D eigenvalue weighted by atomic mass is 9.86. The van der Waals surface area contributed by atoms with Crippen molar-refractivity contribution in [2.75, 3.05) is 13.2 Å². The average Bonchev–Trinajstić information content (AvgIpc) is 3.12. The molecule has 0 spiro atoms. The van der Waals surface area contributed by atoms with Crippen LogP contribution in [0.25, 0.3) is 0 Å². The summed E-state index contributed by atoms with van der Waals surface area (Å²) in [4.78, 5) is 36.0. The van der Waals surface area contributed by atoms with Crippen molar-refractivity contribution < 1.29 is 39.3 Å². The molecule has 1 saturated heterocycles. The molecule has 3 N–H and O–H groups in total. The molecule has 196 valence electrons. The van der Waals surface area contributed by atoms with Gasteiger partial charge in [-0.1, -0.05) is 29.1 Å². The van der Waals surface area contributed by atoms with Crippen LogP contribution in [0.3, 0.4) is 0 Å². The zero-order valence-corrected chi connectivity index (χ0v) is 21.7. The summed E-state index contributed by atoms with van der Waals surface area (Å²) in [5, 5.41) is 31.3. The molecule has 1 fully saturated rings. The molecular weight excluding hydrogens is 500 g/mol. The molecule has 37 heavy (non-hydrogen) atoms. The van der Waals surface area contributed by atoms with Gasteiger partial charge in [-0.15, -0.1) is 0 Å². The topological polar surface area (TPSA) is 146 Å². The number of phenols is 1. The summed E-state index contributed by atoms with van der Waals surface area (Å²) in [5.74, 6) is -0.475. The van der Waals surface area contributed by atoms with Crippen LogP contribution in [-0.2, 0) is 16.0 Å². The molecule has 10 nitrogen and oxygen atoms in total. The van der Waals surface area contributed by atoms with Gasteiger partial charge in [0.25, 0.3) is 5.24 Å². The number of fused-ring (bicyclic) bond motifs is 1. The molecule has 2 aromatic carbocycles. The van der Waals surface area contributed by atoms with Gasteiger partial charge in [0.2, 0.25) is 5.91 Å². The van der Waals surface area contributed by atoms with Gasteiger partial charge in [-0.05, 0) is 62.9 Å². The van der Waals surface area contributed by atoms with Gasteiger partial charge in [0.1, 0.15) is 36.0 Å². The number of carbonyl (C=O) groups excluding carboxylic acids is 2. The van der Waals surface area contributed by atoms with Crippen LogP contribution >= 0.6 is 11.8 Å². The smallest absolute Gasteiger partial charge is 0.323 e. The van der Waals surface area contributed by atoms with E-state index in [0.29, 0.717) is 33.9 Å². The van der Waals surface area contributed by atoms with E-state index in [1.807, 2.05) is 13.8 Å². The zero-order valence-electron chi connectivity index (χ0n) is 20.9. The Kier molecular flexibility index (Phi) is 7.09. The van der Waals surface area contributed by atoms with Crippen molar-refractivity contribution in [3.8, 4) is 17.2 Å². The predicted octanol–water partition coefficient (Wildman–Crippen LogP) is 3.81. The minimum absolute atomic E-state index is 0.151. The first-order chi connectivity index (χ1) is 17.4. The Morgan fingerprint density at radius 3 is 2.49 bits per heavy atom. The van der Waals surface area contributed by atoms with Crippen molar-refractivity contribution in [1.82, 2.24) is 4.90 Å². The van der Waals surface area contributed by atoms with Crippen LogP contribution in [0.15, 0.2) is 29.4 Å². The van der Waals surface area contributed by atoms with E-state index in [1.165, 1.54) is 0 Å². The lowest BCUT2D eigenvalue weighted by molar-refractivity contribution is -0.141. The van der Waals surface area contributed by atoms with Gasteiger partial charge < -0.3 is 24.9 Å². The van der Waals surface area contributed by atoms with E-state index in [2.05, 4.69) is 5.16 Å². The lowest BCUT2D eigenvalue weighted by Crippen LogP contribution is -2.45. The number of oxime groups is 1. The molecule has 2 heterocycles. The fraction of sp³-hybridized carbons (Fsp3) is 0.385. The molecule has 2 amide bonds. The van der Waals surface area contributed by atoms with Gasteiger partial charge in [0.05, 0.1) is 11.0 Å². The van der Waals surface area contributed by atoms with Gasteiger partial charge in [-0.2, -0.15) is 0 Å². The number of carboxylic acid groups (broad SMARTS) is 1. The molecule has 0 saturated carbocycles. The number of aliphatic carboxylic acids is 1. The maximum absolute atomic E-state index is 12.4. The highest BCUT2D eigenvalue weighted by atomic mass is 32.2. The predicted molar refractivity (Wildman–Crippen MR) is 136 cm³/mol. The number of amides is 2. The van der Waals surface area contributed by atoms with Crippen molar-refractivity contribution in [3.63, 3.8) is 0 Å². The lowest BCUT2D eigenvalue weighted by Gasteiger charge is -2.37. The fourth-order valence-corrected chi connectivity index (χ4v) is 5.58. The third-order valence-electron chi connectivity index (χ3n) is 6.70. The summed E-state index contributed by atoms with van der Waals surface area (Å²) in [6.45, 7) is 6.77. The van der Waals surface area contributed by atoms with Crippen molar-refractivity contribution in [2.45, 2.75) is 51.4 Å². The Morgan fingerprint density at radius 1 is 1.19 bits per heavy atom. The molecule has 4 rings (SSSR count). The van der Waals surface area contributed by atoms with Crippen LogP contribution in [0.1, 0.15) is 41.2 Å². The molecular formula is C26H28N2O8S. The summed E-state index contributed by atoms with van der Waals surface area (Å²) < 4.78 is 12.3. The van der Waals surface area contributed by atoms with Crippen molar-refractivity contribution in [2.24, 2.45) is 5.16 Å². The van der Waals surface area contributed by atoms with Crippen LogP contribution in [0, 0.1) is 20.8 Å². The maximum Gasteiger partial charge on any atom is 0.323 e. The number of rotatable bonds is 7. The van der Waals surface area contributed by atoms with Gasteiger partial charge in [0, 0.05) is 17.5 Å². The van der Waals surface area contributed by atoms with Crippen LogP contribution in [-0.4, -0.2) is 67.2 Å². The minimum Gasteiger partial charge on any atom is -0.507 e. The second-order valence-corrected chi connectivity index (χ2v) is 10.7. The Labute approximate surface area is 217 Å². The molecule has 2 aliphatic rings. The number of hydrogen-bond donors (Lipinski definition) is 3. The van der Waals surface area contributed by atoms with E-state index >= 15 is 0 Å². The SMILES string of the molecule is Cc1c(C)c2c(c(C)c1O)/C(=N/O)CC(C)(COc1ccc(CC3SC(=O)N(CC(=O)O)C3=O)cc1)O2. The summed E-state index contributed by atoms with van der Waals surface area (Å²) in [6, 6.07) is 7.06. The van der Waals surface area contributed by atoms with E-state index in [0.717, 1.165) is 27.8 Å². The van der Waals surface area contributed by atoms with Gasteiger partial charge >= 0.3 is 5.97 Å². The van der Waals surface area contributed by atoms with Gasteiger partial charge in [-0.25, -0.2) is 0 Å². The molecule has 2 aromatic rings. The molecule has 11 heteroatoms. The summed E-state index contributed by atoms with van der Waals surface area (Å²) in [6.07, 6.45) is 0.545. The molecule has 0 radical (unpaired) electrons. The number of phenolic OH excluding ortho intramolecular Hbond substituents is 1. The summed E-state index contributed by atoms with van der Waals surface area (Å²) >= 11 is 0.831. The van der Waals surface area contributed by atoms with E-state index in [-0.39, 0.29) is 25.2 Å². The Morgan fingerprint density at radius 2 is 1.86 bits per heavy atom. The molecule has 2 atom stereocenters. The number of aromatic hydroxyl groups is 1. The molecule has 0 aliphatic carbocycles. The van der Waals surface area contributed by atoms with Gasteiger partial charge in [-0.3, -0.25) is 19.3 Å². The number of ether oxygens (including phenoxy) is 2. The number of benzene rings is 2. The van der Waals surface area contributed by atoms with Crippen LogP contribution in [0.5, 0.6) is 17.2 Å². The Hall–Kier alpha value is -3.73. The van der Waals surface area contributed by atoms with Crippen molar-refractivity contribution in [3.05, 3.63) is 52.1 Å². The quantitative estimate of drug-likeness (QED) is 0.361. The minimum atomic E-state index is -1.24. The number of imide groups is 1. The van der Waals surface area contributed by atoms with Crippen LogP contribution in [0.4, 0.5) is 4.79 Å². The van der Waals surface area contributed by atoms with Crippen molar-refractivity contribution in [1.29, 1.82) is 0 Å². The number of hydrogen-bond acceptors (Lipinski definition) is 9. The standard InChI is InChI=1S/C26H28N2O8S/c1-13-14(2)23-21(15(3)22(13)31)18(27-34)10-26(4,36-23)12-35-17-7-5-16(6-8-17)9-19-24(32)28(11-20(29)30)25(33)37-19/h5-8,19,31,34H,9-12H2,1-4H3,(H,29,30)/b27-18+. The highest BCUT2D eigenvalue weighted by Gasteiger charge is 2.41. The Balaban J connectivity index is 1.43. The normalized spacial score (nSPS) is 22.2. The average molecular weight is 529 g/mol. The number of thioether (sulfide) groups is 1. The summed E-state index contributed by atoms with van der Waals surface area (Å²) in [5.41, 5.74) is 3.00. The van der Waals surface area contributed by atoms with E-state index in [9.17, 15) is 24.7 Å². The largest absolute Gasteiger partial charge is 0.507 e. The molecule has 0 aromatic heterocycles. The van der Waals surface area contributed by atoms with E-state index in [1.54, 1.807) is 38.1 Å². The fourth-order valence-electron chi connectivity index (χ4n) is 4.55. The zero-order chi connectivity index (χ0) is 27.1. The highest BCUT2D eigenvalue weighted by molar-refractivity contribution is 8.15.